The van der Waals surface area contributed by atoms with Crippen molar-refractivity contribution in [2.75, 3.05) is 0 Å². The number of benzene rings is 17. The molecule has 0 fully saturated rings. The minimum atomic E-state index is -0.103. The molecular weight excluding hydrogens is 1430 g/mol. The van der Waals surface area contributed by atoms with Gasteiger partial charge < -0.3 is 35.9 Å². The molecule has 0 N–H and O–H groups in total. The minimum Gasteiger partial charge on any atom is -0.456 e. The maximum atomic E-state index is 6.92. The van der Waals surface area contributed by atoms with Crippen LogP contribution in [0.4, 0.5) is 0 Å². The second-order valence-corrected chi connectivity index (χ2v) is 32.6. The van der Waals surface area contributed by atoms with Crippen LogP contribution in [0, 0.1) is 41.5 Å². The fraction of sp³-hybridized carbons (Fsp3) is 0.0556. The summed E-state index contributed by atoms with van der Waals surface area (Å²) in [6, 6.07) is 119. The lowest BCUT2D eigenvalue weighted by Crippen LogP contribution is -2.55. The zero-order valence-electron chi connectivity index (χ0n) is 65.1. The number of furan rings is 4. The second-order valence-electron chi connectivity index (χ2n) is 32.6. The van der Waals surface area contributed by atoms with Gasteiger partial charge in [-0.15, -0.1) is 0 Å². The highest BCUT2D eigenvalue weighted by Gasteiger charge is 2.31. The Kier molecular flexibility index (Phi) is 13.7. The molecule has 8 heterocycles. The minimum absolute atomic E-state index is 0.103. The number of rotatable bonds is 9. The van der Waals surface area contributed by atoms with Crippen LogP contribution < -0.4 is 16.4 Å². The van der Waals surface area contributed by atoms with Gasteiger partial charge in [0.2, 0.25) is 6.71 Å². The van der Waals surface area contributed by atoms with Crippen molar-refractivity contribution in [2.45, 2.75) is 41.5 Å². The first kappa shape index (κ1) is 65.7. The largest absolute Gasteiger partial charge is 0.456 e. The lowest BCUT2D eigenvalue weighted by atomic mass is 9.34. The molecule has 0 atom stereocenters. The molecule has 0 amide bonds. The molecule has 25 aromatic rings. The monoisotopic (exact) mass is 1500 g/mol. The molecule has 17 aromatic carbocycles. The van der Waals surface area contributed by atoms with E-state index in [1.807, 2.05) is 12.1 Å². The summed E-state index contributed by atoms with van der Waals surface area (Å²) in [5.41, 5.74) is 36.1. The van der Waals surface area contributed by atoms with Crippen LogP contribution in [0.5, 0.6) is 0 Å². The van der Waals surface area contributed by atoms with E-state index in [9.17, 15) is 0 Å². The topological polar surface area (TPSA) is 72.3 Å². The highest BCUT2D eigenvalue weighted by Crippen LogP contribution is 2.46. The highest BCUT2D eigenvalue weighted by atomic mass is 16.3. The van der Waals surface area contributed by atoms with Crippen molar-refractivity contribution in [3.63, 3.8) is 0 Å². The molecule has 0 aliphatic heterocycles. The number of aromatic nitrogens is 4. The van der Waals surface area contributed by atoms with E-state index in [2.05, 4.69) is 369 Å². The van der Waals surface area contributed by atoms with Crippen LogP contribution in [0.2, 0.25) is 0 Å². The molecule has 550 valence electrons. The van der Waals surface area contributed by atoms with Crippen LogP contribution in [0.25, 0.3) is 220 Å². The number of nitrogens with zero attached hydrogens (tertiary/aromatic N) is 4. The molecule has 8 aromatic heterocycles. The van der Waals surface area contributed by atoms with Gasteiger partial charge in [0, 0.05) is 109 Å². The zero-order valence-corrected chi connectivity index (χ0v) is 65.1. The molecule has 8 nitrogen and oxygen atoms in total. The summed E-state index contributed by atoms with van der Waals surface area (Å²) in [5, 5.41) is 18.2. The van der Waals surface area contributed by atoms with Crippen LogP contribution in [-0.4, -0.2) is 25.0 Å². The van der Waals surface area contributed by atoms with Crippen molar-refractivity contribution in [1.29, 1.82) is 0 Å². The molecule has 0 spiro atoms. The average Bonchev–Trinajstić information content (AvgIpc) is 1.56. The molecule has 0 saturated carbocycles. The zero-order chi connectivity index (χ0) is 77.5. The quantitative estimate of drug-likeness (QED) is 0.135. The Morgan fingerprint density at radius 2 is 0.504 bits per heavy atom. The summed E-state index contributed by atoms with van der Waals surface area (Å²) in [7, 11) is 0. The SMILES string of the molecule is Cc1cc(C)c(B(c2cc(-c3ccc4oc5ccc(-n6c7ccccc7c7cc8c9ccccc9n(-c9ccc%10oc%11ccccc%11c%10c9)c8cc76)cc5c4c3)cc(-c3ccc4oc5ccc(-n6c7ccccc7c7cc8c9ccccc9n(-c9ccc%10oc%11ccccc%11c%10c9)c8cc76)cc5c4c3)c2)c2cc(C)c(C)cc2C)c(C)c1. The molecule has 9 heteroatoms. The molecule has 0 aliphatic carbocycles. The first-order valence-corrected chi connectivity index (χ1v) is 40.4. The lowest BCUT2D eigenvalue weighted by Gasteiger charge is -2.25. The summed E-state index contributed by atoms with van der Waals surface area (Å²) < 4.78 is 36.4. The van der Waals surface area contributed by atoms with E-state index in [4.69, 9.17) is 17.7 Å². The third-order valence-electron chi connectivity index (χ3n) is 25.8. The van der Waals surface area contributed by atoms with Crippen LogP contribution in [0.15, 0.2) is 339 Å². The van der Waals surface area contributed by atoms with E-state index in [-0.39, 0.29) is 6.71 Å². The summed E-state index contributed by atoms with van der Waals surface area (Å²) in [4.78, 5) is 0. The summed E-state index contributed by atoms with van der Waals surface area (Å²) in [6.07, 6.45) is 0. The standard InChI is InChI=1S/C108H71BN4O4/c1-60-43-64(5)108(65(6)44-60)109(91-46-62(3)61(2)45-63(91)4)70-48-68(66-31-37-102-85(50-66)89-54-73(35-41-106(89)116-102)112-94-27-15-9-21-77(94)83-56-81-75-19-7-13-25-92(75)110(96(81)58-98(83)112)71-33-39-104-87(52-71)79-23-11-17-29-100(79)114-104)47-69(49-70)67-32-38-103-86(51-67)90-55-74(36-42-107(90)117-103)113-95-28-16-10-22-78(95)84-57-82-76-20-8-14-26-93(76)111(97(82)59-99(84)113)72-34-40-105-88(53-72)80-24-12-18-30-101(80)115-105/h7-59H,1-6H3. The molecule has 0 bridgehead atoms. The fourth-order valence-electron chi connectivity index (χ4n) is 20.4. The molecule has 117 heavy (non-hydrogen) atoms. The van der Waals surface area contributed by atoms with E-state index in [1.54, 1.807) is 0 Å². The number of hydrogen-bond donors (Lipinski definition) is 0. The number of para-hydroxylation sites is 6. The average molecular weight is 1500 g/mol. The lowest BCUT2D eigenvalue weighted by molar-refractivity contribution is 0.668. The Balaban J connectivity index is 0.665. The van der Waals surface area contributed by atoms with E-state index in [1.165, 1.54) is 92.9 Å². The van der Waals surface area contributed by atoms with Gasteiger partial charge in [-0.05, 0) is 239 Å². The van der Waals surface area contributed by atoms with Crippen LogP contribution in [0.1, 0.15) is 33.4 Å². The van der Waals surface area contributed by atoms with Gasteiger partial charge in [0.25, 0.3) is 0 Å². The van der Waals surface area contributed by atoms with Crippen molar-refractivity contribution >= 4 is 198 Å². The van der Waals surface area contributed by atoms with Gasteiger partial charge >= 0.3 is 0 Å². The first-order valence-electron chi connectivity index (χ1n) is 40.4. The van der Waals surface area contributed by atoms with Gasteiger partial charge in [0.15, 0.2) is 0 Å². The van der Waals surface area contributed by atoms with Crippen molar-refractivity contribution in [3.05, 3.63) is 355 Å². The van der Waals surface area contributed by atoms with Crippen molar-refractivity contribution < 1.29 is 17.7 Å². The van der Waals surface area contributed by atoms with Gasteiger partial charge in [0.1, 0.15) is 44.7 Å². The normalized spacial score (nSPS) is 12.4. The summed E-state index contributed by atoms with van der Waals surface area (Å²) >= 11 is 0. The van der Waals surface area contributed by atoms with E-state index in [0.29, 0.717) is 0 Å². The van der Waals surface area contributed by atoms with Gasteiger partial charge in [0.05, 0.1) is 44.1 Å². The van der Waals surface area contributed by atoms with Crippen LogP contribution >= 0.6 is 0 Å². The summed E-state index contributed by atoms with van der Waals surface area (Å²) in [6.45, 7) is 13.5. The van der Waals surface area contributed by atoms with E-state index in [0.717, 1.165) is 177 Å². The third-order valence-corrected chi connectivity index (χ3v) is 25.8. The Bertz CT molecular complexity index is 8230. The first-order chi connectivity index (χ1) is 57.4. The van der Waals surface area contributed by atoms with Crippen LogP contribution in [-0.2, 0) is 0 Å². The Labute approximate surface area is 671 Å². The van der Waals surface area contributed by atoms with Gasteiger partial charge in [-0.1, -0.05) is 196 Å². The second kappa shape index (κ2) is 24.4. The number of hydrogen-bond acceptors (Lipinski definition) is 4. The molecule has 0 aliphatic rings. The maximum Gasteiger partial charge on any atom is 0.242 e. The van der Waals surface area contributed by atoms with E-state index < -0.39 is 0 Å². The molecular formula is C108H71BN4O4. The number of aryl methyl sites for hydroxylation is 6. The van der Waals surface area contributed by atoms with E-state index >= 15 is 0 Å². The molecule has 0 saturated heterocycles. The predicted octanol–water partition coefficient (Wildman–Crippen LogP) is 27.4. The van der Waals surface area contributed by atoms with Gasteiger partial charge in [-0.25, -0.2) is 0 Å². The maximum absolute atomic E-state index is 6.92. The van der Waals surface area contributed by atoms with Crippen molar-refractivity contribution in [1.82, 2.24) is 18.3 Å². The van der Waals surface area contributed by atoms with Gasteiger partial charge in [-0.3, -0.25) is 0 Å². The highest BCUT2D eigenvalue weighted by molar-refractivity contribution is 6.96. The smallest absolute Gasteiger partial charge is 0.242 e. The van der Waals surface area contributed by atoms with Crippen molar-refractivity contribution in [3.8, 4) is 45.0 Å². The van der Waals surface area contributed by atoms with Crippen molar-refractivity contribution in [2.24, 2.45) is 0 Å². The molecule has 25 rings (SSSR count). The Morgan fingerprint density at radius 1 is 0.197 bits per heavy atom. The Morgan fingerprint density at radius 3 is 0.880 bits per heavy atom. The number of fused-ring (bicyclic) bond motifs is 24. The molecule has 0 radical (unpaired) electrons. The fourth-order valence-corrected chi connectivity index (χ4v) is 20.4. The predicted molar refractivity (Wildman–Crippen MR) is 490 cm³/mol. The third kappa shape index (κ3) is 9.65. The molecule has 0 unspecified atom stereocenters. The van der Waals surface area contributed by atoms with Gasteiger partial charge in [-0.2, -0.15) is 0 Å². The summed E-state index contributed by atoms with van der Waals surface area (Å²) in [5.74, 6) is 0. The Hall–Kier alpha value is -14.8. The van der Waals surface area contributed by atoms with Crippen LogP contribution in [0.3, 0.4) is 0 Å².